The van der Waals surface area contributed by atoms with Crippen LogP contribution in [0.4, 0.5) is 0 Å². The second kappa shape index (κ2) is 15.9. The predicted octanol–water partition coefficient (Wildman–Crippen LogP) is 11.2. The van der Waals surface area contributed by atoms with Crippen LogP contribution in [0, 0.1) is 0 Å². The van der Waals surface area contributed by atoms with Gasteiger partial charge in [-0.05, 0) is 114 Å². The Bertz CT molecular complexity index is 3530. The topological polar surface area (TPSA) is 31.6 Å². The Hall–Kier alpha value is -7.97. The maximum atomic E-state index is 6.77. The molecule has 0 saturated carbocycles. The van der Waals surface area contributed by atoms with E-state index in [0.29, 0.717) is 0 Å². The van der Waals surface area contributed by atoms with Crippen LogP contribution in [0.3, 0.4) is 0 Å². The number of para-hydroxylation sites is 2. The molecule has 0 fully saturated rings. The molecule has 3 heterocycles. The molecule has 1 aromatic heterocycles. The molecule has 314 valence electrons. The predicted molar refractivity (Wildman–Crippen MR) is 279 cm³/mol. The van der Waals surface area contributed by atoms with Crippen LogP contribution in [0.5, 0.6) is 23.0 Å². The van der Waals surface area contributed by atoms with Crippen molar-refractivity contribution in [2.24, 2.45) is 0 Å². The standard InChI is InChI=1S/C61H44O3Si2/c1-3-4-8-19-42(2)65(47-20-9-5-10-21-47)58-28-17-15-26-54(58)63-56-36-32-45(40-60(56)65)43-30-34-52-50(38-43)51-39-44(31-35-53(51)62-52)46-33-37-57-61(41-46)66(48-22-11-6-12-23-48,49-24-13-7-14-25-49)59-29-18-16-27-55(59)64-57/h3-41H,1H2,2H3/b8-4-,42-19+. The van der Waals surface area contributed by atoms with Crippen molar-refractivity contribution in [3.63, 3.8) is 0 Å². The van der Waals surface area contributed by atoms with E-state index in [1.807, 2.05) is 12.2 Å². The Morgan fingerprint density at radius 1 is 0.409 bits per heavy atom. The molecule has 1 unspecified atom stereocenters. The molecule has 2 aliphatic rings. The third kappa shape index (κ3) is 6.08. The van der Waals surface area contributed by atoms with Crippen LogP contribution in [-0.4, -0.2) is 16.1 Å². The molecule has 0 bridgehead atoms. The first kappa shape index (κ1) is 39.6. The van der Waals surface area contributed by atoms with E-state index >= 15 is 0 Å². The summed E-state index contributed by atoms with van der Waals surface area (Å²) < 4.78 is 20.1. The molecule has 2 aliphatic heterocycles. The van der Waals surface area contributed by atoms with Crippen molar-refractivity contribution in [1.29, 1.82) is 0 Å². The van der Waals surface area contributed by atoms with E-state index in [0.717, 1.165) is 67.2 Å². The molecule has 0 spiro atoms. The molecular formula is C61H44O3Si2. The molecule has 3 nitrogen and oxygen atoms in total. The van der Waals surface area contributed by atoms with E-state index in [9.17, 15) is 0 Å². The van der Waals surface area contributed by atoms with Gasteiger partial charge >= 0.3 is 0 Å². The zero-order valence-corrected chi connectivity index (χ0v) is 38.4. The summed E-state index contributed by atoms with van der Waals surface area (Å²) in [7, 11) is -5.61. The van der Waals surface area contributed by atoms with Gasteiger partial charge in [0.05, 0.1) is 0 Å². The molecule has 0 N–H and O–H groups in total. The first-order valence-electron chi connectivity index (χ1n) is 22.5. The van der Waals surface area contributed by atoms with Gasteiger partial charge in [-0.15, -0.1) is 0 Å². The van der Waals surface area contributed by atoms with Crippen molar-refractivity contribution < 1.29 is 13.9 Å². The van der Waals surface area contributed by atoms with E-state index in [-0.39, 0.29) is 0 Å². The minimum absolute atomic E-state index is 0.858. The third-order valence-electron chi connectivity index (χ3n) is 13.7. The van der Waals surface area contributed by atoms with E-state index in [1.54, 1.807) is 0 Å². The lowest BCUT2D eigenvalue weighted by molar-refractivity contribution is 0.487. The second-order valence-corrected chi connectivity index (χ2v) is 24.9. The Labute approximate surface area is 386 Å². The van der Waals surface area contributed by atoms with E-state index in [4.69, 9.17) is 13.9 Å². The quantitative estimate of drug-likeness (QED) is 0.113. The summed E-state index contributed by atoms with van der Waals surface area (Å²) in [6, 6.07) is 77.0. The van der Waals surface area contributed by atoms with Crippen LogP contribution in [0.25, 0.3) is 44.2 Å². The Balaban J connectivity index is 1.01. The maximum absolute atomic E-state index is 6.77. The van der Waals surface area contributed by atoms with Gasteiger partial charge in [0.2, 0.25) is 0 Å². The zero-order valence-electron chi connectivity index (χ0n) is 36.4. The van der Waals surface area contributed by atoms with Gasteiger partial charge in [0, 0.05) is 10.8 Å². The average molecular weight is 881 g/mol. The van der Waals surface area contributed by atoms with Crippen molar-refractivity contribution in [3.8, 4) is 45.3 Å². The van der Waals surface area contributed by atoms with Gasteiger partial charge in [0.25, 0.3) is 0 Å². The fourth-order valence-corrected chi connectivity index (χ4v) is 20.8. The molecule has 9 aromatic carbocycles. The van der Waals surface area contributed by atoms with Crippen molar-refractivity contribution in [2.45, 2.75) is 6.92 Å². The monoisotopic (exact) mass is 880 g/mol. The van der Waals surface area contributed by atoms with Crippen LogP contribution in [-0.2, 0) is 0 Å². The van der Waals surface area contributed by atoms with Gasteiger partial charge in [-0.2, -0.15) is 0 Å². The molecule has 10 aromatic rings. The summed E-state index contributed by atoms with van der Waals surface area (Å²) in [5.74, 6) is 3.66. The molecule has 5 heteroatoms. The Morgan fingerprint density at radius 2 is 0.848 bits per heavy atom. The van der Waals surface area contributed by atoms with Gasteiger partial charge in [-0.25, -0.2) is 0 Å². The van der Waals surface area contributed by atoms with Gasteiger partial charge < -0.3 is 13.9 Å². The summed E-state index contributed by atoms with van der Waals surface area (Å²) in [4.78, 5) is 0. The number of rotatable bonds is 8. The summed E-state index contributed by atoms with van der Waals surface area (Å²) >= 11 is 0. The van der Waals surface area contributed by atoms with Crippen LogP contribution in [0.15, 0.2) is 253 Å². The van der Waals surface area contributed by atoms with E-state index in [2.05, 4.69) is 238 Å². The normalized spacial score (nSPS) is 15.9. The number of ether oxygens (including phenoxy) is 2. The third-order valence-corrected chi connectivity index (χ3v) is 23.5. The maximum Gasteiger partial charge on any atom is 0.188 e. The van der Waals surface area contributed by atoms with Gasteiger partial charge in [-0.1, -0.05) is 200 Å². The highest BCUT2D eigenvalue weighted by Crippen LogP contribution is 2.39. The molecule has 12 rings (SSSR count). The van der Waals surface area contributed by atoms with Gasteiger partial charge in [0.15, 0.2) is 16.1 Å². The Morgan fingerprint density at radius 3 is 1.42 bits per heavy atom. The summed E-state index contributed by atoms with van der Waals surface area (Å²) in [5.41, 5.74) is 6.22. The molecule has 0 radical (unpaired) electrons. The minimum Gasteiger partial charge on any atom is -0.458 e. The van der Waals surface area contributed by atoms with Gasteiger partial charge in [-0.3, -0.25) is 0 Å². The molecule has 1 atom stereocenters. The molecule has 0 aliphatic carbocycles. The number of allylic oxidation sites excluding steroid dienone is 5. The number of furan rings is 1. The lowest BCUT2D eigenvalue weighted by atomic mass is 10.00. The molecule has 0 saturated heterocycles. The molecular weight excluding hydrogens is 837 g/mol. The van der Waals surface area contributed by atoms with Crippen LogP contribution in [0.1, 0.15) is 6.92 Å². The summed E-state index contributed by atoms with van der Waals surface area (Å²) in [5, 5.41) is 12.4. The van der Waals surface area contributed by atoms with E-state index < -0.39 is 16.1 Å². The number of hydrogen-bond donors (Lipinski definition) is 0. The molecule has 66 heavy (non-hydrogen) atoms. The van der Waals surface area contributed by atoms with Crippen molar-refractivity contribution in [3.05, 3.63) is 248 Å². The first-order chi connectivity index (χ1) is 32.6. The lowest BCUT2D eigenvalue weighted by Crippen LogP contribution is -2.76. The SMILES string of the molecule is C=C/C=C\C=C(/C)[Si]1(c2ccccc2)c2ccccc2Oc2ccc(-c3ccc4oc5ccc(-c6ccc7c(c6)[Si](c6ccccc6)(c6ccccc6)c6ccccc6O7)cc5c4c3)cc21. The highest BCUT2D eigenvalue weighted by Gasteiger charge is 2.49. The Kier molecular flexibility index (Phi) is 9.56. The van der Waals surface area contributed by atoms with Crippen molar-refractivity contribution >= 4 is 74.4 Å². The number of fused-ring (bicyclic) bond motifs is 7. The smallest absolute Gasteiger partial charge is 0.188 e. The van der Waals surface area contributed by atoms with E-state index in [1.165, 1.54) is 41.5 Å². The highest BCUT2D eigenvalue weighted by molar-refractivity contribution is 7.21. The largest absolute Gasteiger partial charge is 0.458 e. The van der Waals surface area contributed by atoms with Crippen LogP contribution in [0.2, 0.25) is 0 Å². The minimum atomic E-state index is -2.81. The fourth-order valence-electron chi connectivity index (χ4n) is 10.8. The summed E-state index contributed by atoms with van der Waals surface area (Å²) in [6.07, 6.45) is 8.20. The average Bonchev–Trinajstić information content (AvgIpc) is 3.75. The fraction of sp³-hybridized carbons (Fsp3) is 0.0164. The lowest BCUT2D eigenvalue weighted by Gasteiger charge is -2.40. The zero-order chi connectivity index (χ0) is 44.2. The first-order valence-corrected chi connectivity index (χ1v) is 26.5. The second-order valence-electron chi connectivity index (χ2n) is 17.2. The van der Waals surface area contributed by atoms with Crippen molar-refractivity contribution in [1.82, 2.24) is 0 Å². The summed E-state index contributed by atoms with van der Waals surface area (Å²) in [6.45, 7) is 6.22. The molecule has 0 amide bonds. The van der Waals surface area contributed by atoms with Crippen LogP contribution < -0.4 is 45.8 Å². The number of hydrogen-bond acceptors (Lipinski definition) is 3. The number of benzene rings is 9. The van der Waals surface area contributed by atoms with Crippen molar-refractivity contribution in [2.75, 3.05) is 0 Å². The highest BCUT2D eigenvalue weighted by atomic mass is 28.3. The van der Waals surface area contributed by atoms with Crippen LogP contribution >= 0.6 is 0 Å². The van der Waals surface area contributed by atoms with Gasteiger partial charge in [0.1, 0.15) is 34.2 Å².